The first-order valence-electron chi connectivity index (χ1n) is 14.1. The highest BCUT2D eigenvalue weighted by Crippen LogP contribution is 2.66. The van der Waals surface area contributed by atoms with Crippen molar-refractivity contribution < 1.29 is 10.2 Å². The Bertz CT molecular complexity index is 697. The first-order valence-corrected chi connectivity index (χ1v) is 14.1. The van der Waals surface area contributed by atoms with Crippen molar-refractivity contribution >= 4 is 0 Å². The second-order valence-corrected chi connectivity index (χ2v) is 13.5. The van der Waals surface area contributed by atoms with Crippen molar-refractivity contribution in [2.75, 3.05) is 0 Å². The fraction of sp³-hybridized carbons (Fsp3) is 0.933. The maximum absolute atomic E-state index is 11.0. The molecule has 3 saturated carbocycles. The second kappa shape index (κ2) is 9.03. The Balaban J connectivity index is 1.52. The summed E-state index contributed by atoms with van der Waals surface area (Å²) < 4.78 is 0. The van der Waals surface area contributed by atoms with Crippen LogP contribution in [0.25, 0.3) is 0 Å². The van der Waals surface area contributed by atoms with E-state index in [-0.39, 0.29) is 6.10 Å². The van der Waals surface area contributed by atoms with Crippen molar-refractivity contribution in [2.24, 2.45) is 46.3 Å². The zero-order valence-corrected chi connectivity index (χ0v) is 22.0. The summed E-state index contributed by atoms with van der Waals surface area (Å²) in [5.74, 6) is 4.42. The minimum atomic E-state index is -0.451. The molecular weight excluding hydrogens is 392 g/mol. The van der Waals surface area contributed by atoms with Crippen molar-refractivity contribution in [3.63, 3.8) is 0 Å². The molecule has 3 fully saturated rings. The molecule has 0 amide bonds. The van der Waals surface area contributed by atoms with E-state index in [1.54, 1.807) is 5.57 Å². The minimum absolute atomic E-state index is 0.143. The normalized spacial score (nSPS) is 46.0. The molecule has 0 spiro atoms. The predicted octanol–water partition coefficient (Wildman–Crippen LogP) is 7.53. The van der Waals surface area contributed by atoms with Gasteiger partial charge in [-0.1, -0.05) is 59.6 Å². The third kappa shape index (κ3) is 4.15. The molecule has 0 bridgehead atoms. The molecule has 2 N–H and O–H groups in total. The molecule has 2 nitrogen and oxygen atoms in total. The van der Waals surface area contributed by atoms with E-state index < -0.39 is 5.60 Å². The first-order chi connectivity index (χ1) is 15.0. The van der Waals surface area contributed by atoms with Gasteiger partial charge in [0, 0.05) is 0 Å². The number of hydrogen-bond acceptors (Lipinski definition) is 2. The fourth-order valence-corrected chi connectivity index (χ4v) is 9.16. The van der Waals surface area contributed by atoms with Gasteiger partial charge < -0.3 is 10.2 Å². The number of allylic oxidation sites excluding steroid dienone is 1. The Hall–Kier alpha value is -0.340. The maximum atomic E-state index is 11.0. The van der Waals surface area contributed by atoms with Gasteiger partial charge in [-0.3, -0.25) is 0 Å². The van der Waals surface area contributed by atoms with E-state index in [0.717, 1.165) is 49.4 Å². The Morgan fingerprint density at radius 1 is 1.00 bits per heavy atom. The molecular formula is C30H52O2. The second-order valence-electron chi connectivity index (χ2n) is 13.5. The molecule has 32 heavy (non-hydrogen) atoms. The monoisotopic (exact) mass is 444 g/mol. The van der Waals surface area contributed by atoms with Crippen LogP contribution >= 0.6 is 0 Å². The first kappa shape index (κ1) is 24.8. The van der Waals surface area contributed by atoms with Gasteiger partial charge in [-0.15, -0.1) is 0 Å². The summed E-state index contributed by atoms with van der Waals surface area (Å²) in [7, 11) is 0. The molecule has 0 unspecified atom stereocenters. The van der Waals surface area contributed by atoms with Crippen LogP contribution in [0.2, 0.25) is 0 Å². The molecule has 0 aromatic carbocycles. The summed E-state index contributed by atoms with van der Waals surface area (Å²) in [6, 6.07) is 0. The van der Waals surface area contributed by atoms with E-state index in [0.29, 0.717) is 22.7 Å². The molecule has 2 heteroatoms. The molecule has 4 aliphatic rings. The number of aliphatic hydroxyl groups is 2. The Labute approximate surface area is 198 Å². The van der Waals surface area contributed by atoms with Crippen LogP contribution in [0.3, 0.4) is 0 Å². The maximum Gasteiger partial charge on any atom is 0.0682 e. The molecule has 184 valence electrons. The summed E-state index contributed by atoms with van der Waals surface area (Å²) in [4.78, 5) is 0. The van der Waals surface area contributed by atoms with Crippen LogP contribution in [-0.2, 0) is 0 Å². The van der Waals surface area contributed by atoms with E-state index in [1.807, 2.05) is 0 Å². The van der Waals surface area contributed by atoms with Crippen molar-refractivity contribution in [1.82, 2.24) is 0 Å². The lowest BCUT2D eigenvalue weighted by atomic mass is 9.42. The highest BCUT2D eigenvalue weighted by molar-refractivity contribution is 5.26. The largest absolute Gasteiger partial charge is 0.393 e. The van der Waals surface area contributed by atoms with Crippen LogP contribution in [0.4, 0.5) is 0 Å². The molecule has 0 saturated heterocycles. The van der Waals surface area contributed by atoms with Crippen LogP contribution < -0.4 is 0 Å². The van der Waals surface area contributed by atoms with Crippen LogP contribution in [0.15, 0.2) is 11.6 Å². The molecule has 0 aliphatic heterocycles. The highest BCUT2D eigenvalue weighted by atomic mass is 16.3. The van der Waals surface area contributed by atoms with Gasteiger partial charge in [-0.2, -0.15) is 0 Å². The number of aliphatic hydroxyl groups excluding tert-OH is 1. The average molecular weight is 445 g/mol. The molecule has 0 aromatic heterocycles. The topological polar surface area (TPSA) is 40.5 Å². The fourth-order valence-electron chi connectivity index (χ4n) is 9.16. The summed E-state index contributed by atoms with van der Waals surface area (Å²) in [5, 5.41) is 21.4. The van der Waals surface area contributed by atoms with Crippen LogP contribution in [0, 0.1) is 46.3 Å². The summed E-state index contributed by atoms with van der Waals surface area (Å²) in [6.45, 7) is 14.2. The summed E-state index contributed by atoms with van der Waals surface area (Å²) in [6.07, 6.45) is 16.8. The molecule has 0 aromatic rings. The zero-order chi connectivity index (χ0) is 23.3. The summed E-state index contributed by atoms with van der Waals surface area (Å²) >= 11 is 0. The SMILES string of the molecule is CC[C@]1(O)CC[C@@]2(C)C(=CC[C@H]3[C@@H]4CCC[C@H]([C@H](C)CC[C@@H](O)C(C)C)[C@@]4(C)CC[C@@H]32)C1. The number of fused-ring (bicyclic) bond motifs is 5. The number of hydrogen-bond donors (Lipinski definition) is 2. The molecule has 4 rings (SSSR count). The Morgan fingerprint density at radius 3 is 2.44 bits per heavy atom. The third-order valence-electron chi connectivity index (χ3n) is 11.6. The van der Waals surface area contributed by atoms with Crippen LogP contribution in [-0.4, -0.2) is 21.9 Å². The van der Waals surface area contributed by atoms with Crippen molar-refractivity contribution in [3.05, 3.63) is 11.6 Å². The molecule has 9 atom stereocenters. The third-order valence-corrected chi connectivity index (χ3v) is 11.6. The van der Waals surface area contributed by atoms with Gasteiger partial charge in [-0.25, -0.2) is 0 Å². The quantitative estimate of drug-likeness (QED) is 0.416. The minimum Gasteiger partial charge on any atom is -0.393 e. The van der Waals surface area contributed by atoms with Crippen LogP contribution in [0.5, 0.6) is 0 Å². The highest BCUT2D eigenvalue weighted by Gasteiger charge is 2.58. The van der Waals surface area contributed by atoms with Crippen LogP contribution in [0.1, 0.15) is 119 Å². The zero-order valence-electron chi connectivity index (χ0n) is 22.0. The van der Waals surface area contributed by atoms with Gasteiger partial charge in [-0.05, 0) is 117 Å². The standard InChI is InChI=1S/C30H52O2/c1-7-30(32)18-17-28(5)22(19-30)12-13-23-25-10-8-9-24(29(25,6)16-15-26(23)28)21(4)11-14-27(31)20(2)3/h12,20-21,23-27,31-32H,7-11,13-19H2,1-6H3/t21-,23+,24-,25+,26+,27-,28+,29-,30+/m1/s1. The lowest BCUT2D eigenvalue weighted by molar-refractivity contribution is -0.116. The molecule has 4 aliphatic carbocycles. The van der Waals surface area contributed by atoms with Gasteiger partial charge >= 0.3 is 0 Å². The lowest BCUT2D eigenvalue weighted by Gasteiger charge is -2.63. The van der Waals surface area contributed by atoms with Gasteiger partial charge in [0.15, 0.2) is 0 Å². The van der Waals surface area contributed by atoms with E-state index >= 15 is 0 Å². The van der Waals surface area contributed by atoms with Gasteiger partial charge in [0.25, 0.3) is 0 Å². The van der Waals surface area contributed by atoms with Crippen molar-refractivity contribution in [3.8, 4) is 0 Å². The smallest absolute Gasteiger partial charge is 0.0682 e. The Morgan fingerprint density at radius 2 is 1.75 bits per heavy atom. The Kier molecular flexibility index (Phi) is 6.99. The van der Waals surface area contributed by atoms with Crippen molar-refractivity contribution in [2.45, 2.75) is 130 Å². The summed E-state index contributed by atoms with van der Waals surface area (Å²) in [5.41, 5.74) is 1.95. The van der Waals surface area contributed by atoms with E-state index in [1.165, 1.54) is 51.4 Å². The van der Waals surface area contributed by atoms with Gasteiger partial charge in [0.2, 0.25) is 0 Å². The van der Waals surface area contributed by atoms with E-state index in [9.17, 15) is 10.2 Å². The predicted molar refractivity (Wildman–Crippen MR) is 134 cm³/mol. The number of rotatable bonds is 6. The van der Waals surface area contributed by atoms with Gasteiger partial charge in [0.1, 0.15) is 0 Å². The lowest BCUT2D eigenvalue weighted by Crippen LogP contribution is -2.55. The molecule has 0 heterocycles. The molecule has 0 radical (unpaired) electrons. The average Bonchev–Trinajstić information content (AvgIpc) is 2.76. The van der Waals surface area contributed by atoms with Crippen molar-refractivity contribution in [1.29, 1.82) is 0 Å². The van der Waals surface area contributed by atoms with Gasteiger partial charge in [0.05, 0.1) is 11.7 Å². The van der Waals surface area contributed by atoms with E-state index in [4.69, 9.17) is 0 Å². The van der Waals surface area contributed by atoms with E-state index in [2.05, 4.69) is 47.6 Å².